The summed E-state index contributed by atoms with van der Waals surface area (Å²) in [6.45, 7) is -0.258. The summed E-state index contributed by atoms with van der Waals surface area (Å²) >= 11 is 0. The summed E-state index contributed by atoms with van der Waals surface area (Å²) in [6.07, 6.45) is -4.24. The van der Waals surface area contributed by atoms with E-state index >= 15 is 0 Å². The molecule has 0 fully saturated rings. The number of hydrogen-bond acceptors (Lipinski definition) is 6. The summed E-state index contributed by atoms with van der Waals surface area (Å²) < 4.78 is 74.8. The van der Waals surface area contributed by atoms with Gasteiger partial charge in [-0.2, -0.15) is 21.6 Å². The zero-order valence-corrected chi connectivity index (χ0v) is 24.2. The van der Waals surface area contributed by atoms with Crippen molar-refractivity contribution >= 4 is 38.6 Å². The van der Waals surface area contributed by atoms with E-state index in [1.54, 1.807) is 60.7 Å². The zero-order valence-electron chi connectivity index (χ0n) is 23.4. The number of nitrogens with zero attached hydrogens (tertiary/aromatic N) is 1. The Morgan fingerprint density at radius 2 is 1.49 bits per heavy atom. The minimum absolute atomic E-state index is 0.191. The number of benzene rings is 4. The molecule has 2 amide bonds. The van der Waals surface area contributed by atoms with E-state index in [-0.39, 0.29) is 24.4 Å². The number of carbonyl (C=O) groups is 2. The van der Waals surface area contributed by atoms with Gasteiger partial charge in [0.2, 0.25) is 5.91 Å². The maximum absolute atomic E-state index is 13.7. The van der Waals surface area contributed by atoms with Gasteiger partial charge in [0.25, 0.3) is 16.0 Å². The van der Waals surface area contributed by atoms with Crippen molar-refractivity contribution in [3.8, 4) is 11.1 Å². The Bertz CT molecular complexity index is 1920. The van der Waals surface area contributed by atoms with E-state index in [9.17, 15) is 31.2 Å². The standard InChI is InChI=1S/C32H26F3N3O6S/c33-32(34,35)24-13-9-21(10-14-24)22-11-15-25(16-12-22)37-31(40)27(29-26-3-1-2-4-28(26)44-38-29)19-20-5-7-23(8-6-20)30(39)36-17-18-45(41,42)43/h1-16,27H,17-19H2,(H,36,39)(H,37,40)(H,41,42,43). The Labute approximate surface area is 255 Å². The second-order valence-electron chi connectivity index (χ2n) is 10.2. The second kappa shape index (κ2) is 12.9. The van der Waals surface area contributed by atoms with Crippen LogP contribution in [0.1, 0.15) is 33.1 Å². The predicted octanol–water partition coefficient (Wildman–Crippen LogP) is 6.10. The lowest BCUT2D eigenvalue weighted by Gasteiger charge is -2.16. The van der Waals surface area contributed by atoms with Gasteiger partial charge in [0, 0.05) is 23.2 Å². The Morgan fingerprint density at radius 1 is 0.867 bits per heavy atom. The van der Waals surface area contributed by atoms with Gasteiger partial charge in [-0.25, -0.2) is 0 Å². The molecule has 4 aromatic carbocycles. The number of halogens is 3. The first-order chi connectivity index (χ1) is 21.4. The third-order valence-corrected chi connectivity index (χ3v) is 7.77. The number of hydrogen-bond donors (Lipinski definition) is 3. The van der Waals surface area contributed by atoms with E-state index in [1.807, 2.05) is 0 Å². The third kappa shape index (κ3) is 7.94. The van der Waals surface area contributed by atoms with Gasteiger partial charge in [0.1, 0.15) is 5.69 Å². The third-order valence-electron chi connectivity index (χ3n) is 7.05. The van der Waals surface area contributed by atoms with Crippen LogP contribution in [0.4, 0.5) is 18.9 Å². The van der Waals surface area contributed by atoms with Crippen molar-refractivity contribution in [3.63, 3.8) is 0 Å². The highest BCUT2D eigenvalue weighted by atomic mass is 32.2. The van der Waals surface area contributed by atoms with Crippen LogP contribution in [0.2, 0.25) is 0 Å². The fourth-order valence-electron chi connectivity index (χ4n) is 4.72. The van der Waals surface area contributed by atoms with Gasteiger partial charge in [-0.05, 0) is 71.6 Å². The van der Waals surface area contributed by atoms with Crippen molar-refractivity contribution in [2.24, 2.45) is 0 Å². The topological polar surface area (TPSA) is 139 Å². The number of alkyl halides is 3. The van der Waals surface area contributed by atoms with Crippen LogP contribution < -0.4 is 10.6 Å². The Balaban J connectivity index is 1.33. The molecule has 0 saturated carbocycles. The molecule has 45 heavy (non-hydrogen) atoms. The van der Waals surface area contributed by atoms with E-state index in [4.69, 9.17) is 9.08 Å². The molecule has 0 spiro atoms. The largest absolute Gasteiger partial charge is 0.416 e. The van der Waals surface area contributed by atoms with Crippen LogP contribution >= 0.6 is 0 Å². The van der Waals surface area contributed by atoms with Crippen molar-refractivity contribution in [2.75, 3.05) is 17.6 Å². The molecule has 1 aromatic heterocycles. The molecule has 232 valence electrons. The highest BCUT2D eigenvalue weighted by Crippen LogP contribution is 2.32. The molecule has 0 saturated heterocycles. The summed E-state index contributed by atoms with van der Waals surface area (Å²) in [5.74, 6) is -2.33. The van der Waals surface area contributed by atoms with Gasteiger partial charge < -0.3 is 15.2 Å². The lowest BCUT2D eigenvalue weighted by Crippen LogP contribution is -2.28. The van der Waals surface area contributed by atoms with Crippen molar-refractivity contribution < 1.29 is 40.3 Å². The zero-order chi connectivity index (χ0) is 32.2. The number of para-hydroxylation sites is 1. The normalized spacial score (nSPS) is 12.5. The van der Waals surface area contributed by atoms with Crippen LogP contribution in [-0.2, 0) is 27.5 Å². The molecule has 5 rings (SSSR count). The SMILES string of the molecule is O=C(NCCS(=O)(=O)O)c1ccc(CC(C(=O)Nc2ccc(-c3ccc(C(F)(F)F)cc3)cc2)c2noc3ccccc23)cc1. The first-order valence-corrected chi connectivity index (χ1v) is 15.2. The van der Waals surface area contributed by atoms with Gasteiger partial charge in [0.05, 0.1) is 17.2 Å². The van der Waals surface area contributed by atoms with Gasteiger partial charge in [-0.15, -0.1) is 0 Å². The summed E-state index contributed by atoms with van der Waals surface area (Å²) in [4.78, 5) is 26.0. The van der Waals surface area contributed by atoms with E-state index in [0.29, 0.717) is 39.0 Å². The van der Waals surface area contributed by atoms with Crippen molar-refractivity contribution in [3.05, 3.63) is 119 Å². The smallest absolute Gasteiger partial charge is 0.356 e. The van der Waals surface area contributed by atoms with E-state index in [2.05, 4.69) is 15.8 Å². The lowest BCUT2D eigenvalue weighted by atomic mass is 9.92. The number of anilines is 1. The molecule has 9 nitrogen and oxygen atoms in total. The average molecular weight is 638 g/mol. The fourth-order valence-corrected chi connectivity index (χ4v) is 5.08. The summed E-state index contributed by atoms with van der Waals surface area (Å²) in [7, 11) is -4.21. The minimum atomic E-state index is -4.43. The highest BCUT2D eigenvalue weighted by Gasteiger charge is 2.30. The molecule has 1 heterocycles. The molecule has 0 aliphatic heterocycles. The first kappa shape index (κ1) is 31.4. The number of amides is 2. The Kier molecular flexibility index (Phi) is 9.02. The molecule has 0 radical (unpaired) electrons. The summed E-state index contributed by atoms with van der Waals surface area (Å²) in [5.41, 5.74) is 2.86. The molecule has 1 unspecified atom stereocenters. The number of aromatic nitrogens is 1. The van der Waals surface area contributed by atoms with Crippen LogP contribution in [-0.4, -0.2) is 42.2 Å². The van der Waals surface area contributed by atoms with Gasteiger partial charge in [-0.3, -0.25) is 14.1 Å². The van der Waals surface area contributed by atoms with E-state index < -0.39 is 39.4 Å². The first-order valence-electron chi connectivity index (χ1n) is 13.6. The van der Waals surface area contributed by atoms with E-state index in [1.165, 1.54) is 24.3 Å². The number of rotatable bonds is 10. The highest BCUT2D eigenvalue weighted by molar-refractivity contribution is 7.85. The van der Waals surface area contributed by atoms with Crippen LogP contribution in [0.5, 0.6) is 0 Å². The number of nitrogens with one attached hydrogen (secondary N) is 2. The maximum atomic E-state index is 13.7. The van der Waals surface area contributed by atoms with Crippen molar-refractivity contribution in [1.82, 2.24) is 10.5 Å². The van der Waals surface area contributed by atoms with Crippen LogP contribution in [0.3, 0.4) is 0 Å². The Hall–Kier alpha value is -5.01. The predicted molar refractivity (Wildman–Crippen MR) is 161 cm³/mol. The number of fused-ring (bicyclic) bond motifs is 1. The Morgan fingerprint density at radius 3 is 2.11 bits per heavy atom. The minimum Gasteiger partial charge on any atom is -0.356 e. The monoisotopic (exact) mass is 637 g/mol. The maximum Gasteiger partial charge on any atom is 0.416 e. The molecular formula is C32H26F3N3O6S. The molecule has 3 N–H and O–H groups in total. The fraction of sp³-hybridized carbons (Fsp3) is 0.156. The lowest BCUT2D eigenvalue weighted by molar-refractivity contribution is -0.137. The molecule has 0 aliphatic carbocycles. The summed E-state index contributed by atoms with van der Waals surface area (Å²) in [5, 5.41) is 10.1. The quantitative estimate of drug-likeness (QED) is 0.157. The molecule has 1 atom stereocenters. The molecule has 5 aromatic rings. The van der Waals surface area contributed by atoms with Crippen LogP contribution in [0.15, 0.2) is 102 Å². The number of carbonyl (C=O) groups excluding carboxylic acids is 2. The molecular weight excluding hydrogens is 611 g/mol. The van der Waals surface area contributed by atoms with Crippen LogP contribution in [0, 0.1) is 0 Å². The second-order valence-corrected chi connectivity index (χ2v) is 11.8. The molecule has 0 bridgehead atoms. The van der Waals surface area contributed by atoms with Crippen LogP contribution in [0.25, 0.3) is 22.1 Å². The van der Waals surface area contributed by atoms with Crippen molar-refractivity contribution in [2.45, 2.75) is 18.5 Å². The van der Waals surface area contributed by atoms with Gasteiger partial charge in [-0.1, -0.05) is 53.7 Å². The average Bonchev–Trinajstić information content (AvgIpc) is 3.43. The van der Waals surface area contributed by atoms with Gasteiger partial charge >= 0.3 is 6.18 Å². The van der Waals surface area contributed by atoms with Gasteiger partial charge in [0.15, 0.2) is 5.58 Å². The van der Waals surface area contributed by atoms with E-state index in [0.717, 1.165) is 12.1 Å². The molecule has 13 heteroatoms. The molecule has 0 aliphatic rings. The summed E-state index contributed by atoms with van der Waals surface area (Å²) in [6, 6.07) is 25.0. The van der Waals surface area contributed by atoms with Crippen molar-refractivity contribution in [1.29, 1.82) is 0 Å².